The first-order chi connectivity index (χ1) is 9.43. The molecule has 0 aliphatic carbocycles. The summed E-state index contributed by atoms with van der Waals surface area (Å²) in [6, 6.07) is 1.44. The summed E-state index contributed by atoms with van der Waals surface area (Å²) in [4.78, 5) is 27.5. The predicted molar refractivity (Wildman–Crippen MR) is 89.8 cm³/mol. The van der Waals surface area contributed by atoms with Gasteiger partial charge in [0.2, 0.25) is 5.91 Å². The van der Waals surface area contributed by atoms with Gasteiger partial charge in [-0.2, -0.15) is 0 Å². The van der Waals surface area contributed by atoms with E-state index in [1.807, 2.05) is 13.8 Å². The molecule has 0 spiro atoms. The second-order valence-corrected chi connectivity index (χ2v) is 4.93. The molecule has 7 nitrogen and oxygen atoms in total. The van der Waals surface area contributed by atoms with Gasteiger partial charge in [0.05, 0.1) is 0 Å². The zero-order valence-electron chi connectivity index (χ0n) is 12.7. The minimum absolute atomic E-state index is 0. The van der Waals surface area contributed by atoms with Crippen LogP contribution in [-0.4, -0.2) is 27.0 Å². The number of nitrogens with one attached hydrogen (secondary N) is 2. The molecule has 0 aliphatic heterocycles. The Morgan fingerprint density at radius 2 is 2.09 bits per heavy atom. The van der Waals surface area contributed by atoms with Gasteiger partial charge in [-0.1, -0.05) is 6.92 Å². The summed E-state index contributed by atoms with van der Waals surface area (Å²) in [6.07, 6.45) is 0. The number of hydrogen-bond donors (Lipinski definition) is 3. The van der Waals surface area contributed by atoms with Gasteiger partial charge in [-0.15, -0.1) is 24.8 Å². The van der Waals surface area contributed by atoms with Gasteiger partial charge in [0.25, 0.3) is 5.56 Å². The van der Waals surface area contributed by atoms with Crippen molar-refractivity contribution in [3.05, 3.63) is 33.4 Å². The van der Waals surface area contributed by atoms with Gasteiger partial charge in [0, 0.05) is 42.0 Å². The predicted octanol–water partition coefficient (Wildman–Crippen LogP) is 0.694. The topological polar surface area (TPSA) is 105 Å². The molecule has 0 fully saturated rings. The SMILES string of the molecule is Cc1nc2cc(=O)[nH]n2c(C)c1CNC(=O)C(C)CN.Cl.Cl. The molecule has 124 valence electrons. The van der Waals surface area contributed by atoms with E-state index in [9.17, 15) is 9.59 Å². The van der Waals surface area contributed by atoms with Gasteiger partial charge < -0.3 is 11.1 Å². The molecule has 2 heterocycles. The minimum Gasteiger partial charge on any atom is -0.352 e. The summed E-state index contributed by atoms with van der Waals surface area (Å²) in [5.74, 6) is -0.314. The van der Waals surface area contributed by atoms with Crippen LogP contribution in [0.2, 0.25) is 0 Å². The fourth-order valence-electron chi connectivity index (χ4n) is 2.07. The average Bonchev–Trinajstić information content (AvgIpc) is 2.77. The van der Waals surface area contributed by atoms with Crippen molar-refractivity contribution in [2.45, 2.75) is 27.3 Å². The van der Waals surface area contributed by atoms with Gasteiger partial charge in [-0.3, -0.25) is 14.7 Å². The van der Waals surface area contributed by atoms with E-state index in [1.54, 1.807) is 11.4 Å². The second kappa shape index (κ2) is 8.17. The molecule has 0 radical (unpaired) electrons. The van der Waals surface area contributed by atoms with E-state index in [2.05, 4.69) is 15.4 Å². The third-order valence-corrected chi connectivity index (χ3v) is 3.44. The lowest BCUT2D eigenvalue weighted by atomic mass is 10.1. The van der Waals surface area contributed by atoms with Crippen LogP contribution < -0.4 is 16.6 Å². The first kappa shape index (κ1) is 20.4. The first-order valence-electron chi connectivity index (χ1n) is 6.49. The molecule has 2 rings (SSSR count). The molecule has 0 saturated carbocycles. The van der Waals surface area contributed by atoms with E-state index in [0.29, 0.717) is 18.7 Å². The molecule has 2 aromatic heterocycles. The highest BCUT2D eigenvalue weighted by atomic mass is 35.5. The largest absolute Gasteiger partial charge is 0.352 e. The fourth-order valence-corrected chi connectivity index (χ4v) is 2.07. The first-order valence-corrected chi connectivity index (χ1v) is 6.49. The zero-order valence-corrected chi connectivity index (χ0v) is 14.3. The van der Waals surface area contributed by atoms with E-state index in [1.165, 1.54) is 6.07 Å². The molecular formula is C13H21Cl2N5O2. The van der Waals surface area contributed by atoms with Crippen LogP contribution in [-0.2, 0) is 11.3 Å². The maximum Gasteiger partial charge on any atom is 0.266 e. The third kappa shape index (κ3) is 4.00. The Hall–Kier alpha value is -1.57. The molecule has 0 aromatic carbocycles. The molecule has 9 heteroatoms. The van der Waals surface area contributed by atoms with Crippen LogP contribution in [0.1, 0.15) is 23.9 Å². The Bertz CT molecular complexity index is 710. The molecule has 4 N–H and O–H groups in total. The third-order valence-electron chi connectivity index (χ3n) is 3.44. The second-order valence-electron chi connectivity index (χ2n) is 4.93. The number of aromatic amines is 1. The number of carbonyl (C=O) groups is 1. The highest BCUT2D eigenvalue weighted by molar-refractivity contribution is 5.85. The number of aromatic nitrogens is 3. The van der Waals surface area contributed by atoms with Crippen molar-refractivity contribution >= 4 is 36.4 Å². The molecule has 0 saturated heterocycles. The van der Waals surface area contributed by atoms with Crippen molar-refractivity contribution in [1.82, 2.24) is 19.9 Å². The smallest absolute Gasteiger partial charge is 0.266 e. The molecule has 1 unspecified atom stereocenters. The number of H-pyrrole nitrogens is 1. The maximum atomic E-state index is 11.8. The van der Waals surface area contributed by atoms with Gasteiger partial charge >= 0.3 is 0 Å². The van der Waals surface area contributed by atoms with Crippen LogP contribution in [0, 0.1) is 19.8 Å². The number of aryl methyl sites for hydroxylation is 2. The number of hydrogen-bond acceptors (Lipinski definition) is 4. The van der Waals surface area contributed by atoms with Crippen molar-refractivity contribution in [2.24, 2.45) is 11.7 Å². The normalized spacial score (nSPS) is 11.5. The number of amides is 1. The van der Waals surface area contributed by atoms with Gasteiger partial charge in [0.15, 0.2) is 5.65 Å². The van der Waals surface area contributed by atoms with Crippen molar-refractivity contribution in [2.75, 3.05) is 6.54 Å². The summed E-state index contributed by atoms with van der Waals surface area (Å²) >= 11 is 0. The van der Waals surface area contributed by atoms with Gasteiger partial charge in [-0.25, -0.2) is 9.50 Å². The Labute approximate surface area is 140 Å². The lowest BCUT2D eigenvalue weighted by Crippen LogP contribution is -2.33. The van der Waals surface area contributed by atoms with E-state index in [0.717, 1.165) is 17.0 Å². The lowest BCUT2D eigenvalue weighted by Gasteiger charge is -2.14. The molecule has 1 atom stereocenters. The molecule has 0 bridgehead atoms. The average molecular weight is 350 g/mol. The Balaban J connectivity index is 0.00000220. The van der Waals surface area contributed by atoms with Crippen molar-refractivity contribution < 1.29 is 4.79 Å². The van der Waals surface area contributed by atoms with E-state index >= 15 is 0 Å². The quantitative estimate of drug-likeness (QED) is 0.755. The molecule has 1 amide bonds. The summed E-state index contributed by atoms with van der Waals surface area (Å²) < 4.78 is 1.63. The van der Waals surface area contributed by atoms with Crippen LogP contribution in [0.5, 0.6) is 0 Å². The van der Waals surface area contributed by atoms with Crippen molar-refractivity contribution in [1.29, 1.82) is 0 Å². The van der Waals surface area contributed by atoms with Crippen LogP contribution in [0.3, 0.4) is 0 Å². The van der Waals surface area contributed by atoms with Gasteiger partial charge in [0.1, 0.15) is 0 Å². The van der Waals surface area contributed by atoms with E-state index in [4.69, 9.17) is 5.73 Å². The summed E-state index contributed by atoms with van der Waals surface area (Å²) in [7, 11) is 0. The number of halogens is 2. The molecule has 2 aromatic rings. The molecule has 0 aliphatic rings. The van der Waals surface area contributed by atoms with Crippen LogP contribution >= 0.6 is 24.8 Å². The summed E-state index contributed by atoms with van der Waals surface area (Å²) in [5.41, 5.74) is 8.39. The van der Waals surface area contributed by atoms with Crippen molar-refractivity contribution in [3.63, 3.8) is 0 Å². The lowest BCUT2D eigenvalue weighted by molar-refractivity contribution is -0.124. The van der Waals surface area contributed by atoms with E-state index < -0.39 is 0 Å². The Morgan fingerprint density at radius 3 is 2.68 bits per heavy atom. The highest BCUT2D eigenvalue weighted by Gasteiger charge is 2.14. The number of nitrogens with zero attached hydrogens (tertiary/aromatic N) is 2. The number of fused-ring (bicyclic) bond motifs is 1. The van der Waals surface area contributed by atoms with Crippen LogP contribution in [0.15, 0.2) is 10.9 Å². The Morgan fingerprint density at radius 1 is 1.45 bits per heavy atom. The molecular weight excluding hydrogens is 329 g/mol. The Kier molecular flexibility index (Phi) is 7.58. The number of carbonyl (C=O) groups excluding carboxylic acids is 1. The number of rotatable bonds is 4. The van der Waals surface area contributed by atoms with Gasteiger partial charge in [-0.05, 0) is 13.8 Å². The van der Waals surface area contributed by atoms with Crippen LogP contribution in [0.25, 0.3) is 5.65 Å². The fraction of sp³-hybridized carbons (Fsp3) is 0.462. The highest BCUT2D eigenvalue weighted by Crippen LogP contribution is 2.13. The summed E-state index contributed by atoms with van der Waals surface area (Å²) in [6.45, 7) is 6.19. The molecule has 22 heavy (non-hydrogen) atoms. The minimum atomic E-state index is -0.223. The zero-order chi connectivity index (χ0) is 14.9. The maximum absolute atomic E-state index is 11.8. The number of nitrogens with two attached hydrogens (primary N) is 1. The van der Waals surface area contributed by atoms with Crippen LogP contribution in [0.4, 0.5) is 0 Å². The summed E-state index contributed by atoms with van der Waals surface area (Å²) in [5, 5.41) is 5.52. The standard InChI is InChI=1S/C13H19N5O2.2ClH/c1-7(5-14)13(20)15-6-10-8(2)16-11-4-12(19)17-18(11)9(10)3;;/h4,7H,5-6,14H2,1-3H3,(H,15,20)(H,17,19);2*1H. The van der Waals surface area contributed by atoms with E-state index in [-0.39, 0.29) is 42.2 Å². The monoisotopic (exact) mass is 349 g/mol. The van der Waals surface area contributed by atoms with Crippen molar-refractivity contribution in [3.8, 4) is 0 Å².